The highest BCUT2D eigenvalue weighted by Crippen LogP contribution is 2.33. The lowest BCUT2D eigenvalue weighted by Crippen LogP contribution is -1.92. The molecule has 4 nitrogen and oxygen atoms in total. The van der Waals surface area contributed by atoms with Crippen molar-refractivity contribution in [2.24, 2.45) is 4.99 Å². The number of hydrogen-bond acceptors (Lipinski definition) is 4. The predicted octanol–water partition coefficient (Wildman–Crippen LogP) is 7.33. The summed E-state index contributed by atoms with van der Waals surface area (Å²) in [7, 11) is 0. The van der Waals surface area contributed by atoms with E-state index in [2.05, 4.69) is 4.99 Å². The van der Waals surface area contributed by atoms with Gasteiger partial charge in [-0.25, -0.2) is 4.99 Å². The lowest BCUT2D eigenvalue weighted by atomic mass is 10.2. The summed E-state index contributed by atoms with van der Waals surface area (Å²) in [6.07, 6.45) is 1.85. The Labute approximate surface area is 196 Å². The van der Waals surface area contributed by atoms with Crippen molar-refractivity contribution in [2.45, 2.75) is 0 Å². The number of benzene rings is 4. The Bertz CT molecular complexity index is 1310. The van der Waals surface area contributed by atoms with Crippen LogP contribution in [0.3, 0.4) is 0 Å². The van der Waals surface area contributed by atoms with Gasteiger partial charge in [-0.2, -0.15) is 0 Å². The Hall–Kier alpha value is -4.09. The van der Waals surface area contributed by atoms with E-state index in [1.165, 1.54) is 11.8 Å². The molecule has 4 aromatic carbocycles. The minimum absolute atomic E-state index is 0.232. The maximum atomic E-state index is 12.5. The van der Waals surface area contributed by atoms with Gasteiger partial charge in [0, 0.05) is 5.56 Å². The summed E-state index contributed by atoms with van der Waals surface area (Å²) in [6, 6.07) is 34.4. The van der Waals surface area contributed by atoms with E-state index in [0.29, 0.717) is 9.95 Å². The summed E-state index contributed by atoms with van der Waals surface area (Å²) in [5, 5.41) is 0.682. The van der Waals surface area contributed by atoms with Crippen molar-refractivity contribution >= 4 is 28.8 Å². The average molecular weight is 450 g/mol. The molecule has 0 atom stereocenters. The van der Waals surface area contributed by atoms with Crippen LogP contribution >= 0.6 is 11.8 Å². The Kier molecular flexibility index (Phi) is 6.04. The molecule has 0 bridgehead atoms. The minimum Gasteiger partial charge on any atom is -0.457 e. The Morgan fingerprint density at radius 3 is 1.64 bits per heavy atom. The van der Waals surface area contributed by atoms with Crippen LogP contribution in [0.1, 0.15) is 11.1 Å². The van der Waals surface area contributed by atoms with Gasteiger partial charge in [0.05, 0.1) is 4.91 Å². The predicted molar refractivity (Wildman–Crippen MR) is 133 cm³/mol. The number of para-hydroxylation sites is 2. The fraction of sp³-hybridized carbons (Fsp3) is 0. The van der Waals surface area contributed by atoms with Crippen LogP contribution in [0.5, 0.6) is 23.0 Å². The van der Waals surface area contributed by atoms with Crippen LogP contribution in [-0.2, 0) is 4.79 Å². The van der Waals surface area contributed by atoms with Crippen molar-refractivity contribution in [2.75, 3.05) is 0 Å². The first-order chi connectivity index (χ1) is 16.2. The van der Waals surface area contributed by atoms with Crippen molar-refractivity contribution in [3.05, 3.63) is 125 Å². The first-order valence-electron chi connectivity index (χ1n) is 10.4. The molecule has 1 heterocycles. The lowest BCUT2D eigenvalue weighted by molar-refractivity contribution is -0.113. The SMILES string of the molecule is O=C1N=C(c2ccc(Oc3ccccc3)cc2)S/C1=C\c1ccc(Oc2ccccc2)cc1. The molecule has 0 spiro atoms. The van der Waals surface area contributed by atoms with E-state index in [-0.39, 0.29) is 5.91 Å². The molecule has 0 aromatic heterocycles. The highest BCUT2D eigenvalue weighted by Gasteiger charge is 2.23. The van der Waals surface area contributed by atoms with Gasteiger partial charge in [0.2, 0.25) is 0 Å². The molecule has 0 unspecified atom stereocenters. The molecule has 4 aromatic rings. The van der Waals surface area contributed by atoms with Gasteiger partial charge in [0.25, 0.3) is 5.91 Å². The summed E-state index contributed by atoms with van der Waals surface area (Å²) < 4.78 is 11.6. The zero-order chi connectivity index (χ0) is 22.5. The van der Waals surface area contributed by atoms with Crippen molar-refractivity contribution in [1.82, 2.24) is 0 Å². The molecular formula is C28H19NO3S. The Balaban J connectivity index is 1.24. The summed E-state index contributed by atoms with van der Waals surface area (Å²) in [5.41, 5.74) is 1.79. The van der Waals surface area contributed by atoms with Gasteiger partial charge >= 0.3 is 0 Å². The third-order valence-corrected chi connectivity index (χ3v) is 5.89. The zero-order valence-electron chi connectivity index (χ0n) is 17.5. The number of nitrogens with zero attached hydrogens (tertiary/aromatic N) is 1. The Morgan fingerprint density at radius 2 is 1.09 bits per heavy atom. The summed E-state index contributed by atoms with van der Waals surface area (Å²) in [4.78, 5) is 17.3. The van der Waals surface area contributed by atoms with E-state index in [4.69, 9.17) is 9.47 Å². The van der Waals surface area contributed by atoms with Gasteiger partial charge in [-0.3, -0.25) is 4.79 Å². The van der Waals surface area contributed by atoms with Crippen molar-refractivity contribution in [3.63, 3.8) is 0 Å². The maximum Gasteiger partial charge on any atom is 0.284 e. The number of amides is 1. The molecule has 1 amide bonds. The standard InChI is InChI=1S/C28H19NO3S/c30-27-26(19-20-11-15-24(16-12-20)31-22-7-3-1-4-8-22)33-28(29-27)21-13-17-25(18-14-21)32-23-9-5-2-6-10-23/h1-19H/b26-19-. The second kappa shape index (κ2) is 9.59. The van der Waals surface area contributed by atoms with Gasteiger partial charge in [0.15, 0.2) is 0 Å². The number of carbonyl (C=O) groups is 1. The fourth-order valence-electron chi connectivity index (χ4n) is 3.23. The number of carbonyl (C=O) groups excluding carboxylic acids is 1. The van der Waals surface area contributed by atoms with Gasteiger partial charge in [-0.15, -0.1) is 0 Å². The van der Waals surface area contributed by atoms with E-state index in [1.807, 2.05) is 115 Å². The lowest BCUT2D eigenvalue weighted by Gasteiger charge is -2.06. The van der Waals surface area contributed by atoms with E-state index < -0.39 is 0 Å². The highest BCUT2D eigenvalue weighted by molar-refractivity contribution is 8.19. The average Bonchev–Trinajstić information content (AvgIpc) is 3.22. The normalized spacial score (nSPS) is 14.2. The van der Waals surface area contributed by atoms with Crippen LogP contribution in [-0.4, -0.2) is 11.0 Å². The monoisotopic (exact) mass is 449 g/mol. The van der Waals surface area contributed by atoms with Crippen LogP contribution in [0, 0.1) is 0 Å². The number of aliphatic imine (C=N–C) groups is 1. The molecule has 33 heavy (non-hydrogen) atoms. The third kappa shape index (κ3) is 5.22. The smallest absolute Gasteiger partial charge is 0.284 e. The zero-order valence-corrected chi connectivity index (χ0v) is 18.4. The summed E-state index contributed by atoms with van der Waals surface area (Å²) >= 11 is 1.37. The van der Waals surface area contributed by atoms with Gasteiger partial charge in [-0.05, 0) is 72.3 Å². The Morgan fingerprint density at radius 1 is 0.606 bits per heavy atom. The molecule has 0 N–H and O–H groups in total. The summed E-state index contributed by atoms with van der Waals surface area (Å²) in [5.74, 6) is 2.79. The van der Waals surface area contributed by atoms with E-state index in [0.717, 1.165) is 34.1 Å². The molecule has 0 radical (unpaired) electrons. The number of hydrogen-bond donors (Lipinski definition) is 0. The van der Waals surface area contributed by atoms with Gasteiger partial charge < -0.3 is 9.47 Å². The number of rotatable bonds is 6. The first-order valence-corrected chi connectivity index (χ1v) is 11.2. The van der Waals surface area contributed by atoms with Gasteiger partial charge in [-0.1, -0.05) is 60.3 Å². The molecule has 0 saturated carbocycles. The number of thioether (sulfide) groups is 1. The number of ether oxygens (including phenoxy) is 2. The molecule has 0 fully saturated rings. The van der Waals surface area contributed by atoms with Crippen LogP contribution < -0.4 is 9.47 Å². The van der Waals surface area contributed by atoms with Crippen molar-refractivity contribution in [3.8, 4) is 23.0 Å². The highest BCUT2D eigenvalue weighted by atomic mass is 32.2. The van der Waals surface area contributed by atoms with Crippen LogP contribution in [0.25, 0.3) is 6.08 Å². The summed E-state index contributed by atoms with van der Waals surface area (Å²) in [6.45, 7) is 0. The van der Waals surface area contributed by atoms with Crippen LogP contribution in [0.4, 0.5) is 0 Å². The van der Waals surface area contributed by atoms with Crippen molar-refractivity contribution in [1.29, 1.82) is 0 Å². The molecule has 0 saturated heterocycles. The van der Waals surface area contributed by atoms with Gasteiger partial charge in [0.1, 0.15) is 28.0 Å². The van der Waals surface area contributed by atoms with E-state index in [1.54, 1.807) is 0 Å². The third-order valence-electron chi connectivity index (χ3n) is 4.86. The molecule has 5 rings (SSSR count). The quantitative estimate of drug-likeness (QED) is 0.289. The topological polar surface area (TPSA) is 47.9 Å². The molecule has 1 aliphatic heterocycles. The molecule has 1 aliphatic rings. The minimum atomic E-state index is -0.232. The van der Waals surface area contributed by atoms with Crippen LogP contribution in [0.15, 0.2) is 119 Å². The molecular weight excluding hydrogens is 430 g/mol. The second-order valence-corrected chi connectivity index (χ2v) is 8.29. The fourth-order valence-corrected chi connectivity index (χ4v) is 4.15. The molecule has 160 valence electrons. The second-order valence-electron chi connectivity index (χ2n) is 7.26. The first kappa shape index (κ1) is 20.8. The largest absolute Gasteiger partial charge is 0.457 e. The molecule has 5 heteroatoms. The van der Waals surface area contributed by atoms with E-state index >= 15 is 0 Å². The maximum absolute atomic E-state index is 12.5. The van der Waals surface area contributed by atoms with Crippen LogP contribution in [0.2, 0.25) is 0 Å². The molecule has 0 aliphatic carbocycles. The van der Waals surface area contributed by atoms with Crippen molar-refractivity contribution < 1.29 is 14.3 Å². The van der Waals surface area contributed by atoms with E-state index in [9.17, 15) is 4.79 Å².